The molecule has 0 aliphatic rings. The molecule has 0 radical (unpaired) electrons. The summed E-state index contributed by atoms with van der Waals surface area (Å²) in [6.07, 6.45) is 1.96. The second-order valence-electron chi connectivity index (χ2n) is 4.27. The molecule has 0 aliphatic carbocycles. The molecule has 1 heterocycles. The van der Waals surface area contributed by atoms with Crippen LogP contribution in [0, 0.1) is 6.92 Å². The number of aryl methyl sites for hydroxylation is 1. The van der Waals surface area contributed by atoms with Crippen molar-refractivity contribution in [3.63, 3.8) is 0 Å². The van der Waals surface area contributed by atoms with Gasteiger partial charge in [0.2, 0.25) is 5.91 Å². The molecule has 2 aromatic rings. The van der Waals surface area contributed by atoms with E-state index in [1.54, 1.807) is 11.8 Å². The summed E-state index contributed by atoms with van der Waals surface area (Å²) in [6.45, 7) is 3.87. The van der Waals surface area contributed by atoms with Gasteiger partial charge in [0.15, 0.2) is 8.68 Å². The maximum atomic E-state index is 12.2. The van der Waals surface area contributed by atoms with Crippen LogP contribution in [-0.4, -0.2) is 27.6 Å². The van der Waals surface area contributed by atoms with Crippen LogP contribution < -0.4 is 5.32 Å². The zero-order valence-corrected chi connectivity index (χ0v) is 15.8. The van der Waals surface area contributed by atoms with Gasteiger partial charge in [0.25, 0.3) is 0 Å². The van der Waals surface area contributed by atoms with Crippen molar-refractivity contribution in [3.8, 4) is 0 Å². The lowest BCUT2D eigenvalue weighted by Gasteiger charge is -2.12. The van der Waals surface area contributed by atoms with E-state index >= 15 is 0 Å². The minimum Gasteiger partial charge on any atom is -0.324 e. The molecule has 4 nitrogen and oxygen atoms in total. The van der Waals surface area contributed by atoms with Crippen LogP contribution in [0.3, 0.4) is 0 Å². The Hall–Kier alpha value is -0.570. The number of hydrogen-bond acceptors (Lipinski definition) is 6. The Morgan fingerprint density at radius 2 is 2.10 bits per heavy atom. The molecule has 0 fully saturated rings. The summed E-state index contributed by atoms with van der Waals surface area (Å²) in [6, 6.07) is 5.84. The highest BCUT2D eigenvalue weighted by Crippen LogP contribution is 2.31. The number of nitrogens with one attached hydrogen (secondary N) is 1. The van der Waals surface area contributed by atoms with Crippen molar-refractivity contribution < 1.29 is 4.79 Å². The number of nitrogens with zero attached hydrogens (tertiary/aromatic N) is 2. The molecule has 0 aliphatic heterocycles. The summed E-state index contributed by atoms with van der Waals surface area (Å²) < 4.78 is 2.60. The summed E-state index contributed by atoms with van der Waals surface area (Å²) in [4.78, 5) is 12.2. The molecule has 0 saturated heterocycles. The summed E-state index contributed by atoms with van der Waals surface area (Å²) in [5.74, 6) is -0.0505. The first-order valence-corrected chi connectivity index (χ1v) is 9.82. The third-order valence-corrected chi connectivity index (χ3v) is 6.33. The highest BCUT2D eigenvalue weighted by atomic mass is 79.9. The van der Waals surface area contributed by atoms with Gasteiger partial charge in [0.1, 0.15) is 0 Å². The molecule has 0 spiro atoms. The molecule has 1 aromatic heterocycles. The monoisotopic (exact) mass is 403 g/mol. The fourth-order valence-electron chi connectivity index (χ4n) is 1.49. The van der Waals surface area contributed by atoms with E-state index in [9.17, 15) is 4.79 Å². The predicted molar refractivity (Wildman–Crippen MR) is 94.5 cm³/mol. The van der Waals surface area contributed by atoms with Crippen LogP contribution in [0.15, 0.2) is 31.4 Å². The SMILES string of the molecule is CSc1nnc(S[C@H](C)C(=O)Nc2ccc(C)cc2Br)s1. The van der Waals surface area contributed by atoms with E-state index in [1.165, 1.54) is 23.1 Å². The Balaban J connectivity index is 1.99. The van der Waals surface area contributed by atoms with E-state index in [0.717, 1.165) is 24.4 Å². The minimum atomic E-state index is -0.235. The quantitative estimate of drug-likeness (QED) is 0.747. The highest BCUT2D eigenvalue weighted by molar-refractivity contribution is 9.10. The summed E-state index contributed by atoms with van der Waals surface area (Å²) >= 11 is 7.94. The van der Waals surface area contributed by atoms with Crippen LogP contribution in [0.1, 0.15) is 12.5 Å². The van der Waals surface area contributed by atoms with Crippen molar-refractivity contribution in [2.75, 3.05) is 11.6 Å². The van der Waals surface area contributed by atoms with E-state index in [-0.39, 0.29) is 11.2 Å². The van der Waals surface area contributed by atoms with Gasteiger partial charge in [-0.25, -0.2) is 0 Å². The van der Waals surface area contributed by atoms with Crippen LogP contribution in [0.5, 0.6) is 0 Å². The summed E-state index contributed by atoms with van der Waals surface area (Å²) in [5.41, 5.74) is 1.92. The first-order valence-electron chi connectivity index (χ1n) is 6.10. The Bertz CT molecular complexity index is 647. The van der Waals surface area contributed by atoms with Gasteiger partial charge in [-0.05, 0) is 53.7 Å². The molecule has 21 heavy (non-hydrogen) atoms. The van der Waals surface area contributed by atoms with E-state index in [1.807, 2.05) is 38.3 Å². The third-order valence-electron chi connectivity index (χ3n) is 2.59. The number of benzene rings is 1. The number of carbonyl (C=O) groups excluding carboxylic acids is 1. The number of aromatic nitrogens is 2. The molecule has 2 rings (SSSR count). The molecule has 112 valence electrons. The van der Waals surface area contributed by atoms with Gasteiger partial charge in [-0.1, -0.05) is 40.9 Å². The number of anilines is 1. The van der Waals surface area contributed by atoms with Crippen molar-refractivity contribution in [1.82, 2.24) is 10.2 Å². The molecule has 0 saturated carbocycles. The Kier molecular flexibility index (Phi) is 6.09. The fraction of sp³-hybridized carbons (Fsp3) is 0.308. The van der Waals surface area contributed by atoms with Gasteiger partial charge in [0, 0.05) is 4.47 Å². The van der Waals surface area contributed by atoms with Crippen LogP contribution in [0.4, 0.5) is 5.69 Å². The lowest BCUT2D eigenvalue weighted by atomic mass is 10.2. The van der Waals surface area contributed by atoms with Crippen LogP contribution in [0.25, 0.3) is 0 Å². The van der Waals surface area contributed by atoms with Crippen molar-refractivity contribution >= 4 is 62.4 Å². The zero-order chi connectivity index (χ0) is 15.4. The molecular weight excluding hydrogens is 390 g/mol. The average Bonchev–Trinajstić information content (AvgIpc) is 2.89. The molecular formula is C13H14BrN3OS3. The van der Waals surface area contributed by atoms with E-state index in [2.05, 4.69) is 31.4 Å². The van der Waals surface area contributed by atoms with Gasteiger partial charge >= 0.3 is 0 Å². The third kappa shape index (κ3) is 4.70. The van der Waals surface area contributed by atoms with Crippen molar-refractivity contribution in [3.05, 3.63) is 28.2 Å². The lowest BCUT2D eigenvalue weighted by molar-refractivity contribution is -0.115. The molecule has 1 N–H and O–H groups in total. The maximum Gasteiger partial charge on any atom is 0.237 e. The van der Waals surface area contributed by atoms with Gasteiger partial charge in [-0.15, -0.1) is 10.2 Å². The molecule has 1 amide bonds. The molecule has 1 aromatic carbocycles. The standard InChI is InChI=1S/C13H14BrN3OS3/c1-7-4-5-10(9(14)6-7)15-11(18)8(2)20-13-17-16-12(19-3)21-13/h4-6,8H,1-3H3,(H,15,18)/t8-/m1/s1. The second kappa shape index (κ2) is 7.62. The Labute approximate surface area is 144 Å². The number of halogens is 1. The van der Waals surface area contributed by atoms with E-state index in [0.29, 0.717) is 0 Å². The topological polar surface area (TPSA) is 54.9 Å². The predicted octanol–water partition coefficient (Wildman–Crippen LogP) is 4.45. The number of thioether (sulfide) groups is 2. The number of hydrogen-bond donors (Lipinski definition) is 1. The number of amides is 1. The van der Waals surface area contributed by atoms with E-state index < -0.39 is 0 Å². The molecule has 0 bridgehead atoms. The minimum absolute atomic E-state index is 0.0505. The normalized spacial score (nSPS) is 12.2. The highest BCUT2D eigenvalue weighted by Gasteiger charge is 2.18. The molecule has 8 heteroatoms. The average molecular weight is 404 g/mol. The molecule has 0 unspecified atom stereocenters. The first kappa shape index (κ1) is 16.8. The lowest BCUT2D eigenvalue weighted by Crippen LogP contribution is -2.22. The Morgan fingerprint density at radius 3 is 2.71 bits per heavy atom. The Morgan fingerprint density at radius 1 is 1.38 bits per heavy atom. The van der Waals surface area contributed by atoms with Crippen LogP contribution in [0.2, 0.25) is 0 Å². The largest absolute Gasteiger partial charge is 0.324 e. The van der Waals surface area contributed by atoms with Gasteiger partial charge in [-0.3, -0.25) is 4.79 Å². The summed E-state index contributed by atoms with van der Waals surface area (Å²) in [7, 11) is 0. The van der Waals surface area contributed by atoms with Crippen LogP contribution in [-0.2, 0) is 4.79 Å². The van der Waals surface area contributed by atoms with Gasteiger partial charge < -0.3 is 5.32 Å². The van der Waals surface area contributed by atoms with Crippen molar-refractivity contribution in [1.29, 1.82) is 0 Å². The second-order valence-corrected chi connectivity index (χ2v) is 8.74. The first-order chi connectivity index (χ1) is 9.99. The van der Waals surface area contributed by atoms with Crippen molar-refractivity contribution in [2.45, 2.75) is 27.8 Å². The maximum absolute atomic E-state index is 12.2. The van der Waals surface area contributed by atoms with Gasteiger partial charge in [-0.2, -0.15) is 0 Å². The smallest absolute Gasteiger partial charge is 0.237 e. The molecule has 1 atom stereocenters. The number of rotatable bonds is 5. The van der Waals surface area contributed by atoms with Crippen LogP contribution >= 0.6 is 50.8 Å². The van der Waals surface area contributed by atoms with Crippen molar-refractivity contribution in [2.24, 2.45) is 0 Å². The summed E-state index contributed by atoms with van der Waals surface area (Å²) in [5, 5.41) is 10.8. The van der Waals surface area contributed by atoms with Gasteiger partial charge in [0.05, 0.1) is 10.9 Å². The van der Waals surface area contributed by atoms with E-state index in [4.69, 9.17) is 0 Å². The zero-order valence-electron chi connectivity index (χ0n) is 11.7. The fourth-order valence-corrected chi connectivity index (χ4v) is 4.66. The number of carbonyl (C=O) groups is 1.